The van der Waals surface area contributed by atoms with Crippen molar-refractivity contribution < 1.29 is 9.53 Å². The van der Waals surface area contributed by atoms with Crippen molar-refractivity contribution in [2.24, 2.45) is 0 Å². The van der Waals surface area contributed by atoms with Gasteiger partial charge in [-0.25, -0.2) is 4.79 Å². The van der Waals surface area contributed by atoms with Gasteiger partial charge in [-0.3, -0.25) is 0 Å². The molecule has 2 amide bonds. The van der Waals surface area contributed by atoms with E-state index >= 15 is 0 Å². The molecular weight excluding hydrogens is 288 g/mol. The average Bonchev–Trinajstić information content (AvgIpc) is 2.56. The lowest BCUT2D eigenvalue weighted by Gasteiger charge is -2.28. The van der Waals surface area contributed by atoms with Crippen molar-refractivity contribution in [3.05, 3.63) is 59.2 Å². The van der Waals surface area contributed by atoms with Crippen molar-refractivity contribution in [1.29, 1.82) is 0 Å². The highest BCUT2D eigenvalue weighted by molar-refractivity contribution is 5.90. The Labute approximate surface area is 136 Å². The first-order valence-corrected chi connectivity index (χ1v) is 8.06. The van der Waals surface area contributed by atoms with Gasteiger partial charge in [-0.2, -0.15) is 0 Å². The van der Waals surface area contributed by atoms with Gasteiger partial charge in [0.25, 0.3) is 0 Å². The SMILES string of the molecule is CCc1ccccc1NC(=O)N[C@@H]1CCOc2c(C)cccc21. The fraction of sp³-hybridized carbons (Fsp3) is 0.316. The van der Waals surface area contributed by atoms with E-state index in [0.717, 1.165) is 41.0 Å². The summed E-state index contributed by atoms with van der Waals surface area (Å²) in [6, 6.07) is 13.7. The van der Waals surface area contributed by atoms with E-state index in [9.17, 15) is 4.79 Å². The second-order valence-corrected chi connectivity index (χ2v) is 5.79. The normalized spacial score (nSPS) is 16.2. The van der Waals surface area contributed by atoms with Crippen LogP contribution in [0.1, 0.15) is 36.1 Å². The smallest absolute Gasteiger partial charge is 0.319 e. The Balaban J connectivity index is 1.73. The van der Waals surface area contributed by atoms with Crippen molar-refractivity contribution in [3.63, 3.8) is 0 Å². The molecular formula is C19H22N2O2. The first-order chi connectivity index (χ1) is 11.2. The minimum Gasteiger partial charge on any atom is -0.493 e. The van der Waals surface area contributed by atoms with Crippen molar-refractivity contribution in [2.75, 3.05) is 11.9 Å². The summed E-state index contributed by atoms with van der Waals surface area (Å²) in [6.07, 6.45) is 1.66. The molecule has 0 spiro atoms. The van der Waals surface area contributed by atoms with Gasteiger partial charge in [-0.05, 0) is 30.5 Å². The summed E-state index contributed by atoms with van der Waals surface area (Å²) in [5, 5.41) is 6.04. The molecule has 1 aliphatic rings. The van der Waals surface area contributed by atoms with Crippen molar-refractivity contribution >= 4 is 11.7 Å². The number of rotatable bonds is 3. The Bertz CT molecular complexity index is 712. The zero-order valence-corrected chi connectivity index (χ0v) is 13.6. The van der Waals surface area contributed by atoms with E-state index in [-0.39, 0.29) is 12.1 Å². The van der Waals surface area contributed by atoms with Crippen LogP contribution < -0.4 is 15.4 Å². The van der Waals surface area contributed by atoms with Gasteiger partial charge in [0.05, 0.1) is 12.6 Å². The van der Waals surface area contributed by atoms with E-state index in [1.165, 1.54) is 0 Å². The molecule has 0 aromatic heterocycles. The molecule has 0 aliphatic carbocycles. The third-order valence-electron chi connectivity index (χ3n) is 4.22. The zero-order chi connectivity index (χ0) is 16.2. The maximum Gasteiger partial charge on any atom is 0.319 e. The molecule has 0 saturated carbocycles. The number of nitrogens with one attached hydrogen (secondary N) is 2. The number of anilines is 1. The van der Waals surface area contributed by atoms with Gasteiger partial charge in [0.1, 0.15) is 5.75 Å². The highest BCUT2D eigenvalue weighted by atomic mass is 16.5. The van der Waals surface area contributed by atoms with E-state index in [1.54, 1.807) is 0 Å². The monoisotopic (exact) mass is 310 g/mol. The summed E-state index contributed by atoms with van der Waals surface area (Å²) in [7, 11) is 0. The molecule has 0 saturated heterocycles. The number of fused-ring (bicyclic) bond motifs is 1. The lowest BCUT2D eigenvalue weighted by atomic mass is 9.98. The van der Waals surface area contributed by atoms with Gasteiger partial charge in [-0.1, -0.05) is 43.3 Å². The number of carbonyl (C=O) groups excluding carboxylic acids is 1. The second-order valence-electron chi connectivity index (χ2n) is 5.79. The Morgan fingerprint density at radius 1 is 1.22 bits per heavy atom. The van der Waals surface area contributed by atoms with E-state index < -0.39 is 0 Å². The molecule has 0 radical (unpaired) electrons. The third kappa shape index (κ3) is 3.31. The van der Waals surface area contributed by atoms with Crippen LogP contribution in [0.5, 0.6) is 5.75 Å². The molecule has 120 valence electrons. The first kappa shape index (κ1) is 15.4. The number of benzene rings is 2. The second kappa shape index (κ2) is 6.73. The average molecular weight is 310 g/mol. The molecule has 23 heavy (non-hydrogen) atoms. The van der Waals surface area contributed by atoms with Crippen molar-refractivity contribution in [3.8, 4) is 5.75 Å². The number of urea groups is 1. The minimum absolute atomic E-state index is 0.0209. The fourth-order valence-electron chi connectivity index (χ4n) is 3.00. The number of carbonyl (C=O) groups is 1. The zero-order valence-electron chi connectivity index (χ0n) is 13.6. The Kier molecular flexibility index (Phi) is 4.51. The van der Waals surface area contributed by atoms with Crippen LogP contribution >= 0.6 is 0 Å². The molecule has 4 heteroatoms. The maximum absolute atomic E-state index is 12.4. The van der Waals surface area contributed by atoms with Crippen LogP contribution in [0.2, 0.25) is 0 Å². The Hall–Kier alpha value is -2.49. The molecule has 1 heterocycles. The molecule has 4 nitrogen and oxygen atoms in total. The predicted molar refractivity (Wildman–Crippen MR) is 92.0 cm³/mol. The third-order valence-corrected chi connectivity index (χ3v) is 4.22. The minimum atomic E-state index is -0.176. The Morgan fingerprint density at radius 2 is 2.04 bits per heavy atom. The van der Waals surface area contributed by atoms with Crippen LogP contribution in [0.15, 0.2) is 42.5 Å². The highest BCUT2D eigenvalue weighted by Crippen LogP contribution is 2.34. The maximum atomic E-state index is 12.4. The molecule has 2 aromatic carbocycles. The topological polar surface area (TPSA) is 50.4 Å². The standard InChI is InChI=1S/C19H22N2O2/c1-3-14-8-4-5-10-16(14)20-19(22)21-17-11-12-23-18-13(2)7-6-9-15(17)18/h4-10,17H,3,11-12H2,1-2H3,(H2,20,21,22)/t17-/m1/s1. The van der Waals surface area contributed by atoms with E-state index in [4.69, 9.17) is 4.74 Å². The van der Waals surface area contributed by atoms with E-state index in [1.807, 2.05) is 49.4 Å². The molecule has 2 N–H and O–H groups in total. The lowest BCUT2D eigenvalue weighted by molar-refractivity contribution is 0.231. The predicted octanol–water partition coefficient (Wildman–Crippen LogP) is 4.20. The molecule has 2 aromatic rings. The summed E-state index contributed by atoms with van der Waals surface area (Å²) in [6.45, 7) is 4.73. The van der Waals surface area contributed by atoms with Gasteiger partial charge >= 0.3 is 6.03 Å². The molecule has 0 bridgehead atoms. The largest absolute Gasteiger partial charge is 0.493 e. The number of hydrogen-bond acceptors (Lipinski definition) is 2. The quantitative estimate of drug-likeness (QED) is 0.892. The summed E-state index contributed by atoms with van der Waals surface area (Å²) < 4.78 is 5.75. The summed E-state index contributed by atoms with van der Waals surface area (Å²) in [4.78, 5) is 12.4. The summed E-state index contributed by atoms with van der Waals surface area (Å²) >= 11 is 0. The fourth-order valence-corrected chi connectivity index (χ4v) is 3.00. The van der Waals surface area contributed by atoms with E-state index in [0.29, 0.717) is 6.61 Å². The van der Waals surface area contributed by atoms with Crippen LogP contribution in [0, 0.1) is 6.92 Å². The van der Waals surface area contributed by atoms with E-state index in [2.05, 4.69) is 17.6 Å². The van der Waals surface area contributed by atoms with Gasteiger partial charge < -0.3 is 15.4 Å². The summed E-state index contributed by atoms with van der Waals surface area (Å²) in [5.41, 5.74) is 4.15. The van der Waals surface area contributed by atoms with Crippen LogP contribution in [-0.2, 0) is 6.42 Å². The molecule has 1 atom stereocenters. The van der Waals surface area contributed by atoms with Crippen molar-refractivity contribution in [2.45, 2.75) is 32.7 Å². The molecule has 0 unspecified atom stereocenters. The van der Waals surface area contributed by atoms with Gasteiger partial charge in [0.2, 0.25) is 0 Å². The summed E-state index contributed by atoms with van der Waals surface area (Å²) in [5.74, 6) is 0.901. The molecule has 3 rings (SSSR count). The van der Waals surface area contributed by atoms with Crippen LogP contribution in [-0.4, -0.2) is 12.6 Å². The van der Waals surface area contributed by atoms with Crippen LogP contribution in [0.4, 0.5) is 10.5 Å². The number of aryl methyl sites for hydroxylation is 2. The first-order valence-electron chi connectivity index (χ1n) is 8.06. The number of hydrogen-bond donors (Lipinski definition) is 2. The Morgan fingerprint density at radius 3 is 2.87 bits per heavy atom. The van der Waals surface area contributed by atoms with Gasteiger partial charge in [0.15, 0.2) is 0 Å². The van der Waals surface area contributed by atoms with Crippen molar-refractivity contribution in [1.82, 2.24) is 5.32 Å². The van der Waals surface area contributed by atoms with Gasteiger partial charge in [-0.15, -0.1) is 0 Å². The van der Waals surface area contributed by atoms with Crippen LogP contribution in [0.25, 0.3) is 0 Å². The highest BCUT2D eigenvalue weighted by Gasteiger charge is 2.24. The molecule has 0 fully saturated rings. The number of ether oxygens (including phenoxy) is 1. The molecule has 1 aliphatic heterocycles. The number of para-hydroxylation sites is 2. The van der Waals surface area contributed by atoms with Crippen LogP contribution in [0.3, 0.4) is 0 Å². The van der Waals surface area contributed by atoms with Gasteiger partial charge in [0, 0.05) is 17.7 Å². The lowest BCUT2D eigenvalue weighted by Crippen LogP contribution is -2.35. The number of amides is 2.